The number of carbonyl (C=O) groups is 3. The van der Waals surface area contributed by atoms with Crippen LogP contribution in [0.2, 0.25) is 0 Å². The number of piperidine rings is 1. The Balaban J connectivity index is 1.36. The predicted octanol–water partition coefficient (Wildman–Crippen LogP) is 3.46. The molecule has 1 aliphatic rings. The molecule has 5 rings (SSSR count). The third-order valence-electron chi connectivity index (χ3n) is 9.12. The zero-order valence-corrected chi connectivity index (χ0v) is 26.1. The van der Waals surface area contributed by atoms with Gasteiger partial charge in [0.1, 0.15) is 12.1 Å². The molecule has 4 aromatic rings. The number of methoxy groups -OCH3 is 1. The van der Waals surface area contributed by atoms with Crippen molar-refractivity contribution in [2.75, 3.05) is 33.8 Å². The molecule has 0 radical (unpaired) electrons. The summed E-state index contributed by atoms with van der Waals surface area (Å²) in [6.45, 7) is 3.23. The van der Waals surface area contributed by atoms with E-state index in [1.165, 1.54) is 12.0 Å². The molecular weight excluding hydrogens is 574 g/mol. The summed E-state index contributed by atoms with van der Waals surface area (Å²) in [5.41, 5.74) is 8.95. The first kappa shape index (κ1) is 31.8. The molecule has 12 nitrogen and oxygen atoms in total. The third-order valence-corrected chi connectivity index (χ3v) is 9.12. The van der Waals surface area contributed by atoms with Crippen molar-refractivity contribution in [3.05, 3.63) is 70.8 Å². The number of ether oxygens (including phenoxy) is 1. The quantitative estimate of drug-likeness (QED) is 0.149. The van der Waals surface area contributed by atoms with Crippen molar-refractivity contribution in [3.8, 4) is 0 Å². The number of unbranched alkanes of at least 4 members (excludes halogenated alkanes) is 1. The fourth-order valence-corrected chi connectivity index (χ4v) is 6.50. The Morgan fingerprint density at radius 2 is 1.76 bits per heavy atom. The highest BCUT2D eigenvalue weighted by atomic mass is 16.5. The highest BCUT2D eigenvalue weighted by Crippen LogP contribution is 2.30. The van der Waals surface area contributed by atoms with Gasteiger partial charge in [0.25, 0.3) is 0 Å². The summed E-state index contributed by atoms with van der Waals surface area (Å²) in [6, 6.07) is 13.2. The lowest BCUT2D eigenvalue weighted by Crippen LogP contribution is -2.57. The number of urea groups is 1. The molecule has 2 aromatic heterocycles. The molecule has 3 heterocycles. The molecule has 0 saturated carbocycles. The molecule has 0 aliphatic carbocycles. The first-order valence-electron chi connectivity index (χ1n) is 15.6. The molecule has 3 atom stereocenters. The number of imidazole rings is 1. The number of H-pyrrole nitrogens is 2. The van der Waals surface area contributed by atoms with Crippen molar-refractivity contribution < 1.29 is 19.1 Å². The van der Waals surface area contributed by atoms with E-state index < -0.39 is 24.0 Å². The number of para-hydroxylation sites is 3. The number of rotatable bonds is 11. The van der Waals surface area contributed by atoms with E-state index in [9.17, 15) is 19.2 Å². The SMILES string of the molecule is COC(=O)[C@H](CCCCN)N(C)C(=O)[C@@H](NC(=O)N1CCC(n2c(=O)[nH]c3ccccc32)CC1)C(C)c1c[nH]c2ccccc12. The molecular formula is C33H43N7O5. The molecule has 1 unspecified atom stereocenters. The zero-order chi connectivity index (χ0) is 32.1. The second-order valence-corrected chi connectivity index (χ2v) is 11.8. The van der Waals surface area contributed by atoms with Gasteiger partial charge >= 0.3 is 17.7 Å². The number of hydrogen-bond donors (Lipinski definition) is 4. The lowest BCUT2D eigenvalue weighted by atomic mass is 9.91. The number of aromatic amines is 2. The molecule has 12 heteroatoms. The predicted molar refractivity (Wildman–Crippen MR) is 173 cm³/mol. The number of nitrogens with one attached hydrogen (secondary N) is 3. The Bertz CT molecular complexity index is 1700. The van der Waals surface area contributed by atoms with Gasteiger partial charge in [0.05, 0.1) is 18.1 Å². The van der Waals surface area contributed by atoms with E-state index in [4.69, 9.17) is 10.5 Å². The number of nitrogens with zero attached hydrogens (tertiary/aromatic N) is 3. The number of nitrogens with two attached hydrogens (primary N) is 1. The van der Waals surface area contributed by atoms with E-state index in [1.54, 1.807) is 16.5 Å². The smallest absolute Gasteiger partial charge is 0.328 e. The number of aromatic nitrogens is 3. The van der Waals surface area contributed by atoms with Crippen LogP contribution in [0, 0.1) is 0 Å². The summed E-state index contributed by atoms with van der Waals surface area (Å²) in [4.78, 5) is 62.8. The Morgan fingerprint density at radius 1 is 1.07 bits per heavy atom. The highest BCUT2D eigenvalue weighted by Gasteiger charge is 2.38. The molecule has 0 spiro atoms. The lowest BCUT2D eigenvalue weighted by Gasteiger charge is -2.36. The minimum absolute atomic E-state index is 0.0549. The van der Waals surface area contributed by atoms with Gasteiger partial charge in [0, 0.05) is 49.2 Å². The van der Waals surface area contributed by atoms with Crippen LogP contribution in [0.15, 0.2) is 59.5 Å². The molecule has 1 saturated heterocycles. The average Bonchev–Trinajstić information content (AvgIpc) is 3.64. The maximum absolute atomic E-state index is 14.2. The van der Waals surface area contributed by atoms with Crippen molar-refractivity contribution in [3.63, 3.8) is 0 Å². The fourth-order valence-electron chi connectivity index (χ4n) is 6.50. The molecule has 240 valence electrons. The Kier molecular flexibility index (Phi) is 9.92. The third kappa shape index (κ3) is 6.60. The average molecular weight is 618 g/mol. The van der Waals surface area contributed by atoms with Gasteiger partial charge < -0.3 is 35.6 Å². The van der Waals surface area contributed by atoms with Crippen molar-refractivity contribution in [2.24, 2.45) is 5.73 Å². The summed E-state index contributed by atoms with van der Waals surface area (Å²) < 4.78 is 6.83. The molecule has 5 N–H and O–H groups in total. The van der Waals surface area contributed by atoms with E-state index in [-0.39, 0.29) is 23.7 Å². The number of fused-ring (bicyclic) bond motifs is 2. The number of hydrogen-bond acceptors (Lipinski definition) is 6. The minimum Gasteiger partial charge on any atom is -0.467 e. The van der Waals surface area contributed by atoms with Gasteiger partial charge in [-0.25, -0.2) is 14.4 Å². The van der Waals surface area contributed by atoms with Crippen LogP contribution in [-0.2, 0) is 14.3 Å². The summed E-state index contributed by atoms with van der Waals surface area (Å²) in [5.74, 6) is -1.32. The van der Waals surface area contributed by atoms with Crippen LogP contribution in [0.25, 0.3) is 21.9 Å². The van der Waals surface area contributed by atoms with Crippen LogP contribution in [0.1, 0.15) is 56.6 Å². The zero-order valence-electron chi connectivity index (χ0n) is 26.1. The topological polar surface area (TPSA) is 159 Å². The normalized spacial score (nSPS) is 16.0. The van der Waals surface area contributed by atoms with Crippen LogP contribution in [-0.4, -0.2) is 88.1 Å². The standard InChI is InChI=1S/C33H43N7O5/c1-21(24-20-35-25-11-5-4-10-23(24)25)29(30(41)38(2)28(31(42)45-3)14-8-9-17-34)37-32(43)39-18-15-22(16-19-39)40-27-13-7-6-12-26(27)36-33(40)44/h4-7,10-13,20-22,28-29,35H,8-9,14-19,34H2,1-3H3,(H,36,44)(H,37,43)/t21?,28-,29-/m0/s1. The summed E-state index contributed by atoms with van der Waals surface area (Å²) in [6.07, 6.45) is 4.81. The maximum atomic E-state index is 14.2. The Morgan fingerprint density at radius 3 is 2.47 bits per heavy atom. The van der Waals surface area contributed by atoms with Crippen LogP contribution < -0.4 is 16.7 Å². The van der Waals surface area contributed by atoms with Crippen molar-refractivity contribution in [1.29, 1.82) is 0 Å². The van der Waals surface area contributed by atoms with E-state index in [0.29, 0.717) is 51.7 Å². The van der Waals surface area contributed by atoms with E-state index in [2.05, 4.69) is 15.3 Å². The van der Waals surface area contributed by atoms with E-state index >= 15 is 0 Å². The van der Waals surface area contributed by atoms with E-state index in [0.717, 1.165) is 27.5 Å². The number of likely N-dealkylation sites (tertiary alicyclic amines) is 1. The fraction of sp³-hybridized carbons (Fsp3) is 0.455. The lowest BCUT2D eigenvalue weighted by molar-refractivity contribution is -0.152. The van der Waals surface area contributed by atoms with Crippen LogP contribution >= 0.6 is 0 Å². The Labute approximate surface area is 261 Å². The second kappa shape index (κ2) is 14.0. The maximum Gasteiger partial charge on any atom is 0.328 e. The highest BCUT2D eigenvalue weighted by molar-refractivity contribution is 5.92. The van der Waals surface area contributed by atoms with Gasteiger partial charge in [-0.2, -0.15) is 0 Å². The number of benzene rings is 2. The van der Waals surface area contributed by atoms with Crippen molar-refractivity contribution in [1.82, 2.24) is 29.7 Å². The largest absolute Gasteiger partial charge is 0.467 e. The molecule has 45 heavy (non-hydrogen) atoms. The molecule has 1 aliphatic heterocycles. The number of esters is 1. The summed E-state index contributed by atoms with van der Waals surface area (Å²) >= 11 is 0. The van der Waals surface area contributed by atoms with Crippen LogP contribution in [0.3, 0.4) is 0 Å². The molecule has 1 fully saturated rings. The summed E-state index contributed by atoms with van der Waals surface area (Å²) in [5, 5.41) is 3.98. The Hall–Kier alpha value is -4.58. The first-order valence-corrected chi connectivity index (χ1v) is 15.6. The first-order chi connectivity index (χ1) is 21.7. The van der Waals surface area contributed by atoms with Gasteiger partial charge in [-0.3, -0.25) is 9.36 Å². The van der Waals surface area contributed by atoms with Crippen LogP contribution in [0.5, 0.6) is 0 Å². The van der Waals surface area contributed by atoms with Crippen molar-refractivity contribution >= 4 is 39.8 Å². The molecule has 2 aromatic carbocycles. The van der Waals surface area contributed by atoms with E-state index in [1.807, 2.05) is 61.7 Å². The van der Waals surface area contributed by atoms with Crippen molar-refractivity contribution in [2.45, 2.75) is 63.1 Å². The molecule has 3 amide bonds. The van der Waals surface area contributed by atoms with Gasteiger partial charge in [-0.1, -0.05) is 37.3 Å². The minimum atomic E-state index is -0.961. The van der Waals surface area contributed by atoms with Gasteiger partial charge in [-0.05, 0) is 62.4 Å². The van der Waals surface area contributed by atoms with Crippen LogP contribution in [0.4, 0.5) is 4.79 Å². The van der Waals surface area contributed by atoms with Gasteiger partial charge in [0.15, 0.2) is 0 Å². The monoisotopic (exact) mass is 617 g/mol. The molecule has 0 bridgehead atoms. The van der Waals surface area contributed by atoms with Gasteiger partial charge in [0.2, 0.25) is 5.91 Å². The second-order valence-electron chi connectivity index (χ2n) is 11.8. The number of amides is 3. The summed E-state index contributed by atoms with van der Waals surface area (Å²) in [7, 11) is 2.89. The van der Waals surface area contributed by atoms with Gasteiger partial charge in [-0.15, -0.1) is 0 Å². The number of likely N-dealkylation sites (N-methyl/N-ethyl adjacent to an activating group) is 1. The number of carbonyl (C=O) groups excluding carboxylic acids is 3.